The second-order valence-corrected chi connectivity index (χ2v) is 3.84. The molecule has 0 aliphatic rings. The van der Waals surface area contributed by atoms with Crippen molar-refractivity contribution in [3.63, 3.8) is 0 Å². The third-order valence-corrected chi connectivity index (χ3v) is 2.67. The zero-order valence-electron chi connectivity index (χ0n) is 8.66. The molecule has 6 heteroatoms. The van der Waals surface area contributed by atoms with Gasteiger partial charge >= 0.3 is 0 Å². The van der Waals surface area contributed by atoms with Crippen molar-refractivity contribution in [2.75, 3.05) is 31.3 Å². The van der Waals surface area contributed by atoms with Crippen molar-refractivity contribution < 1.29 is 4.74 Å². The molecule has 0 spiro atoms. The lowest BCUT2D eigenvalue weighted by molar-refractivity contribution is 0.194. The van der Waals surface area contributed by atoms with E-state index in [1.54, 1.807) is 7.11 Å². The van der Waals surface area contributed by atoms with E-state index in [0.717, 1.165) is 36.3 Å². The van der Waals surface area contributed by atoms with Crippen molar-refractivity contribution in [2.45, 2.75) is 12.8 Å². The number of nitrogens with two attached hydrogens (primary N) is 1. The highest BCUT2D eigenvalue weighted by Crippen LogP contribution is 2.23. The second kappa shape index (κ2) is 6.58. The molecule has 0 amide bonds. The average Bonchev–Trinajstić information content (AvgIpc) is 2.24. The van der Waals surface area contributed by atoms with Gasteiger partial charge in [0, 0.05) is 20.3 Å². The normalized spacial score (nSPS) is 10.3. The molecular weight excluding hydrogens is 260 g/mol. The van der Waals surface area contributed by atoms with Gasteiger partial charge in [-0.3, -0.25) is 0 Å². The average molecular weight is 275 g/mol. The number of nitrogens with one attached hydrogen (secondary N) is 1. The predicted octanol–water partition coefficient (Wildman–Crippen LogP) is 1.66. The summed E-state index contributed by atoms with van der Waals surface area (Å²) in [4.78, 5) is 7.93. The van der Waals surface area contributed by atoms with E-state index in [-0.39, 0.29) is 0 Å². The molecule has 0 saturated carbocycles. The zero-order chi connectivity index (χ0) is 11.1. The molecule has 1 aromatic heterocycles. The lowest BCUT2D eigenvalue weighted by Crippen LogP contribution is -2.06. The first kappa shape index (κ1) is 12.2. The summed E-state index contributed by atoms with van der Waals surface area (Å²) in [5, 5.41) is 3.18. The van der Waals surface area contributed by atoms with Gasteiger partial charge < -0.3 is 15.8 Å². The third-order valence-electron chi connectivity index (χ3n) is 1.88. The van der Waals surface area contributed by atoms with Crippen molar-refractivity contribution in [1.82, 2.24) is 9.97 Å². The molecule has 0 aromatic carbocycles. The SMILES string of the molecule is COCCCCNc1ncnc(N)c1Br. The number of unbranched alkanes of at least 4 members (excludes halogenated alkanes) is 1. The van der Waals surface area contributed by atoms with E-state index in [1.807, 2.05) is 0 Å². The summed E-state index contributed by atoms with van der Waals surface area (Å²) in [6.45, 7) is 1.63. The van der Waals surface area contributed by atoms with Crippen LogP contribution in [0.5, 0.6) is 0 Å². The maximum Gasteiger partial charge on any atom is 0.145 e. The van der Waals surface area contributed by atoms with Crippen LogP contribution >= 0.6 is 15.9 Å². The number of aromatic nitrogens is 2. The van der Waals surface area contributed by atoms with Gasteiger partial charge in [0.1, 0.15) is 22.4 Å². The minimum absolute atomic E-state index is 0.449. The summed E-state index contributed by atoms with van der Waals surface area (Å²) < 4.78 is 5.67. The number of halogens is 1. The van der Waals surface area contributed by atoms with Gasteiger partial charge in [-0.15, -0.1) is 0 Å². The summed E-state index contributed by atoms with van der Waals surface area (Å²) in [5.41, 5.74) is 5.61. The fourth-order valence-corrected chi connectivity index (χ4v) is 1.43. The molecule has 0 saturated heterocycles. The van der Waals surface area contributed by atoms with Crippen LogP contribution in [0.3, 0.4) is 0 Å². The second-order valence-electron chi connectivity index (χ2n) is 3.05. The van der Waals surface area contributed by atoms with Gasteiger partial charge in [-0.05, 0) is 28.8 Å². The molecule has 1 aromatic rings. The lowest BCUT2D eigenvalue weighted by atomic mass is 10.3. The number of hydrogen-bond donors (Lipinski definition) is 2. The van der Waals surface area contributed by atoms with Crippen LogP contribution in [0.4, 0.5) is 11.6 Å². The largest absolute Gasteiger partial charge is 0.385 e. The van der Waals surface area contributed by atoms with Crippen molar-refractivity contribution in [2.24, 2.45) is 0 Å². The van der Waals surface area contributed by atoms with Crippen LogP contribution < -0.4 is 11.1 Å². The Labute approximate surface area is 97.6 Å². The highest BCUT2D eigenvalue weighted by atomic mass is 79.9. The Hall–Kier alpha value is -0.880. The Kier molecular flexibility index (Phi) is 5.34. The maximum absolute atomic E-state index is 5.61. The first-order chi connectivity index (χ1) is 7.25. The molecule has 84 valence electrons. The van der Waals surface area contributed by atoms with E-state index in [2.05, 4.69) is 31.2 Å². The smallest absolute Gasteiger partial charge is 0.145 e. The first-order valence-corrected chi connectivity index (χ1v) is 5.53. The fraction of sp³-hybridized carbons (Fsp3) is 0.556. The molecular formula is C9H15BrN4O. The van der Waals surface area contributed by atoms with Crippen LogP contribution in [-0.2, 0) is 4.74 Å². The molecule has 0 radical (unpaired) electrons. The van der Waals surface area contributed by atoms with Crippen molar-refractivity contribution in [3.05, 3.63) is 10.8 Å². The quantitative estimate of drug-likeness (QED) is 0.772. The number of methoxy groups -OCH3 is 1. The van der Waals surface area contributed by atoms with E-state index in [4.69, 9.17) is 10.5 Å². The molecule has 0 unspecified atom stereocenters. The Morgan fingerprint density at radius 3 is 3.00 bits per heavy atom. The standard InChI is InChI=1S/C9H15BrN4O/c1-15-5-3-2-4-12-9-7(10)8(11)13-6-14-9/h6H,2-5H2,1H3,(H3,11,12,13,14). The Morgan fingerprint density at radius 2 is 2.27 bits per heavy atom. The van der Waals surface area contributed by atoms with Gasteiger partial charge in [0.25, 0.3) is 0 Å². The number of ether oxygens (including phenoxy) is 1. The zero-order valence-corrected chi connectivity index (χ0v) is 10.2. The third kappa shape index (κ3) is 4.01. The predicted molar refractivity (Wildman–Crippen MR) is 63.7 cm³/mol. The number of anilines is 2. The van der Waals surface area contributed by atoms with Gasteiger partial charge in [0.05, 0.1) is 0 Å². The van der Waals surface area contributed by atoms with Crippen molar-refractivity contribution in [1.29, 1.82) is 0 Å². The van der Waals surface area contributed by atoms with Gasteiger partial charge in [-0.2, -0.15) is 0 Å². The fourth-order valence-electron chi connectivity index (χ4n) is 1.08. The molecule has 1 heterocycles. The summed E-state index contributed by atoms with van der Waals surface area (Å²) in [7, 11) is 1.70. The van der Waals surface area contributed by atoms with Crippen LogP contribution in [-0.4, -0.2) is 30.2 Å². The minimum Gasteiger partial charge on any atom is -0.385 e. The van der Waals surface area contributed by atoms with Crippen LogP contribution in [0.1, 0.15) is 12.8 Å². The van der Waals surface area contributed by atoms with Crippen LogP contribution in [0, 0.1) is 0 Å². The van der Waals surface area contributed by atoms with E-state index in [1.165, 1.54) is 6.33 Å². The molecule has 0 aliphatic heterocycles. The molecule has 0 fully saturated rings. The Morgan fingerprint density at radius 1 is 1.47 bits per heavy atom. The number of nitrogen functional groups attached to an aromatic ring is 1. The Balaban J connectivity index is 2.34. The lowest BCUT2D eigenvalue weighted by Gasteiger charge is -2.07. The number of rotatable bonds is 6. The van der Waals surface area contributed by atoms with Gasteiger partial charge in [-0.1, -0.05) is 0 Å². The maximum atomic E-state index is 5.61. The van der Waals surface area contributed by atoms with E-state index >= 15 is 0 Å². The first-order valence-electron chi connectivity index (χ1n) is 4.74. The van der Waals surface area contributed by atoms with Crippen molar-refractivity contribution in [3.8, 4) is 0 Å². The summed E-state index contributed by atoms with van der Waals surface area (Å²) in [6, 6.07) is 0. The summed E-state index contributed by atoms with van der Waals surface area (Å²) in [5.74, 6) is 1.18. The topological polar surface area (TPSA) is 73.1 Å². The van der Waals surface area contributed by atoms with Crippen LogP contribution in [0.2, 0.25) is 0 Å². The summed E-state index contributed by atoms with van der Waals surface area (Å²) in [6.07, 6.45) is 3.50. The van der Waals surface area contributed by atoms with E-state index in [0.29, 0.717) is 5.82 Å². The monoisotopic (exact) mass is 274 g/mol. The highest BCUT2D eigenvalue weighted by Gasteiger charge is 2.04. The molecule has 5 nitrogen and oxygen atoms in total. The molecule has 0 aliphatic carbocycles. The molecule has 0 bridgehead atoms. The van der Waals surface area contributed by atoms with Crippen LogP contribution in [0.25, 0.3) is 0 Å². The molecule has 3 N–H and O–H groups in total. The minimum atomic E-state index is 0.449. The van der Waals surface area contributed by atoms with E-state index < -0.39 is 0 Å². The van der Waals surface area contributed by atoms with Gasteiger partial charge in [0.15, 0.2) is 0 Å². The van der Waals surface area contributed by atoms with Crippen molar-refractivity contribution >= 4 is 27.6 Å². The van der Waals surface area contributed by atoms with Gasteiger partial charge in [-0.25, -0.2) is 9.97 Å². The van der Waals surface area contributed by atoms with Crippen LogP contribution in [0.15, 0.2) is 10.8 Å². The highest BCUT2D eigenvalue weighted by molar-refractivity contribution is 9.10. The molecule has 15 heavy (non-hydrogen) atoms. The number of nitrogens with zero attached hydrogens (tertiary/aromatic N) is 2. The molecule has 1 rings (SSSR count). The van der Waals surface area contributed by atoms with Gasteiger partial charge in [0.2, 0.25) is 0 Å². The number of hydrogen-bond acceptors (Lipinski definition) is 5. The summed E-state index contributed by atoms with van der Waals surface area (Å²) >= 11 is 3.33. The van der Waals surface area contributed by atoms with E-state index in [9.17, 15) is 0 Å². The Bertz CT molecular complexity index is 308. The molecule has 0 atom stereocenters.